The third kappa shape index (κ3) is 1.32. The van der Waals surface area contributed by atoms with Crippen LogP contribution in [0.3, 0.4) is 0 Å². The van der Waals surface area contributed by atoms with Crippen molar-refractivity contribution in [1.29, 1.82) is 0 Å². The van der Waals surface area contributed by atoms with Crippen molar-refractivity contribution in [2.45, 2.75) is 0 Å². The zero-order valence-corrected chi connectivity index (χ0v) is 8.41. The Morgan fingerprint density at radius 1 is 1.07 bits per heavy atom. The van der Waals surface area contributed by atoms with E-state index >= 15 is 0 Å². The predicted octanol–water partition coefficient (Wildman–Crippen LogP) is 1.89. The second kappa shape index (κ2) is 2.64. The van der Waals surface area contributed by atoms with Gasteiger partial charge in [0.2, 0.25) is 0 Å². The van der Waals surface area contributed by atoms with E-state index in [1.165, 1.54) is 0 Å². The molecule has 4 nitrogen and oxygen atoms in total. The summed E-state index contributed by atoms with van der Waals surface area (Å²) in [5.74, 6) is 0.355. The van der Waals surface area contributed by atoms with Crippen LogP contribution in [0, 0.1) is 0 Å². The van der Waals surface area contributed by atoms with E-state index in [0.29, 0.717) is 11.4 Å². The normalized spacial score (nSPS) is 16.8. The number of nitrogens with one attached hydrogen (secondary N) is 1. The first-order valence-electron chi connectivity index (χ1n) is 4.39. The van der Waals surface area contributed by atoms with Crippen LogP contribution in [0.15, 0.2) is 36.4 Å². The molecule has 76 valence electrons. The Morgan fingerprint density at radius 2 is 1.73 bits per heavy atom. The van der Waals surface area contributed by atoms with Gasteiger partial charge in [0.1, 0.15) is 0 Å². The average Bonchev–Trinajstić information content (AvgIpc) is 2.46. The highest BCUT2D eigenvalue weighted by Gasteiger charge is 2.25. The Labute approximate surface area is 86.7 Å². The maximum atomic E-state index is 11.1. The number of benzene rings is 2. The van der Waals surface area contributed by atoms with Gasteiger partial charge in [0.25, 0.3) is 0 Å². The minimum Gasteiger partial charge on any atom is -0.365 e. The highest BCUT2D eigenvalue weighted by Crippen LogP contribution is 2.36. The molecule has 0 fully saturated rings. The molecule has 0 atom stereocenters. The molecule has 2 aromatic rings. The van der Waals surface area contributed by atoms with Gasteiger partial charge in [-0.1, -0.05) is 24.3 Å². The lowest BCUT2D eigenvalue weighted by molar-refractivity contribution is 0.503. The third-order valence-electron chi connectivity index (χ3n) is 2.28. The number of anilines is 1. The molecule has 0 radical (unpaired) electrons. The molecule has 5 heteroatoms. The minimum atomic E-state index is -3.63. The van der Waals surface area contributed by atoms with E-state index in [-0.39, 0.29) is 0 Å². The monoisotopic (exact) mass is 221 g/mol. The first kappa shape index (κ1) is 8.55. The zero-order valence-electron chi connectivity index (χ0n) is 7.60. The van der Waals surface area contributed by atoms with Gasteiger partial charge in [0.15, 0.2) is 5.75 Å². The highest BCUT2D eigenvalue weighted by atomic mass is 32.2. The molecule has 0 spiro atoms. The van der Waals surface area contributed by atoms with Gasteiger partial charge in [-0.05, 0) is 22.9 Å². The summed E-state index contributed by atoms with van der Waals surface area (Å²) in [5.41, 5.74) is 0.494. The number of hydrogen-bond acceptors (Lipinski definition) is 3. The predicted molar refractivity (Wildman–Crippen MR) is 57.1 cm³/mol. The van der Waals surface area contributed by atoms with E-state index in [0.717, 1.165) is 10.8 Å². The van der Waals surface area contributed by atoms with Crippen LogP contribution in [-0.4, -0.2) is 8.42 Å². The van der Waals surface area contributed by atoms with Crippen molar-refractivity contribution in [2.24, 2.45) is 0 Å². The standard InChI is InChI=1S/C10H7NO3S/c12-15(13)11-9-5-7-3-1-2-4-8(7)6-10(9)14-15/h1-6,11H. The molecule has 0 saturated heterocycles. The molecule has 15 heavy (non-hydrogen) atoms. The molecule has 0 amide bonds. The molecule has 0 unspecified atom stereocenters. The van der Waals surface area contributed by atoms with Gasteiger partial charge >= 0.3 is 10.3 Å². The van der Waals surface area contributed by atoms with E-state index in [1.807, 2.05) is 24.3 Å². The summed E-state index contributed by atoms with van der Waals surface area (Å²) >= 11 is 0. The van der Waals surface area contributed by atoms with Crippen LogP contribution >= 0.6 is 0 Å². The van der Waals surface area contributed by atoms with Crippen LogP contribution in [0.1, 0.15) is 0 Å². The Morgan fingerprint density at radius 3 is 2.47 bits per heavy atom. The number of rotatable bonds is 0. The van der Waals surface area contributed by atoms with Crippen molar-refractivity contribution < 1.29 is 12.6 Å². The molecular weight excluding hydrogens is 214 g/mol. The number of fused-ring (bicyclic) bond motifs is 2. The summed E-state index contributed by atoms with van der Waals surface area (Å²) in [6.07, 6.45) is 0. The lowest BCUT2D eigenvalue weighted by atomic mass is 10.1. The molecule has 0 aromatic heterocycles. The van der Waals surface area contributed by atoms with Gasteiger partial charge < -0.3 is 4.18 Å². The lowest BCUT2D eigenvalue weighted by Crippen LogP contribution is -2.10. The van der Waals surface area contributed by atoms with Crippen LogP contribution < -0.4 is 8.91 Å². The highest BCUT2D eigenvalue weighted by molar-refractivity contribution is 7.88. The fourth-order valence-electron chi connectivity index (χ4n) is 1.64. The topological polar surface area (TPSA) is 55.4 Å². The maximum Gasteiger partial charge on any atom is 0.407 e. The second-order valence-electron chi connectivity index (χ2n) is 3.34. The maximum absolute atomic E-state index is 11.1. The van der Waals surface area contributed by atoms with E-state index in [9.17, 15) is 8.42 Å². The fraction of sp³-hybridized carbons (Fsp3) is 0. The zero-order chi connectivity index (χ0) is 10.5. The molecule has 1 N–H and O–H groups in total. The summed E-state index contributed by atoms with van der Waals surface area (Å²) in [7, 11) is -3.63. The summed E-state index contributed by atoms with van der Waals surface area (Å²) in [6, 6.07) is 11.1. The van der Waals surface area contributed by atoms with Crippen molar-refractivity contribution in [1.82, 2.24) is 0 Å². The van der Waals surface area contributed by atoms with Crippen LogP contribution in [0.5, 0.6) is 5.75 Å². The molecule has 2 aromatic carbocycles. The second-order valence-corrected chi connectivity index (χ2v) is 4.61. The van der Waals surface area contributed by atoms with Crippen molar-refractivity contribution in [2.75, 3.05) is 4.72 Å². The molecule has 1 aliphatic rings. The first-order chi connectivity index (χ1) is 7.14. The van der Waals surface area contributed by atoms with E-state index in [2.05, 4.69) is 4.72 Å². The average molecular weight is 221 g/mol. The summed E-state index contributed by atoms with van der Waals surface area (Å²) in [6.45, 7) is 0. The van der Waals surface area contributed by atoms with Crippen molar-refractivity contribution in [3.63, 3.8) is 0 Å². The molecule has 3 rings (SSSR count). The number of hydrogen-bond donors (Lipinski definition) is 1. The molecule has 1 aliphatic heterocycles. The van der Waals surface area contributed by atoms with E-state index in [4.69, 9.17) is 4.18 Å². The summed E-state index contributed by atoms with van der Waals surface area (Å²) in [5, 5.41) is 1.93. The minimum absolute atomic E-state index is 0.355. The van der Waals surface area contributed by atoms with Gasteiger partial charge in [-0.15, -0.1) is 0 Å². The smallest absolute Gasteiger partial charge is 0.365 e. The summed E-state index contributed by atoms with van der Waals surface area (Å²) in [4.78, 5) is 0. The molecule has 0 bridgehead atoms. The Hall–Kier alpha value is -1.75. The van der Waals surface area contributed by atoms with Gasteiger partial charge in [-0.2, -0.15) is 8.42 Å². The van der Waals surface area contributed by atoms with Crippen LogP contribution in [0.2, 0.25) is 0 Å². The lowest BCUT2D eigenvalue weighted by Gasteiger charge is -1.98. The van der Waals surface area contributed by atoms with Crippen LogP contribution in [0.4, 0.5) is 5.69 Å². The van der Waals surface area contributed by atoms with E-state index in [1.54, 1.807) is 12.1 Å². The van der Waals surface area contributed by atoms with Crippen LogP contribution in [-0.2, 0) is 10.3 Å². The fourth-order valence-corrected chi connectivity index (χ4v) is 2.49. The molecule has 1 heterocycles. The quantitative estimate of drug-likeness (QED) is 0.739. The Bertz CT molecular complexity index is 598. The van der Waals surface area contributed by atoms with Gasteiger partial charge in [-0.25, -0.2) is 4.72 Å². The van der Waals surface area contributed by atoms with Gasteiger partial charge in [0, 0.05) is 0 Å². The Balaban J connectivity index is 2.32. The summed E-state index contributed by atoms with van der Waals surface area (Å²) < 4.78 is 29.3. The largest absolute Gasteiger partial charge is 0.407 e. The molecular formula is C10H7NO3S. The van der Waals surface area contributed by atoms with Crippen molar-refractivity contribution in [3.8, 4) is 5.75 Å². The van der Waals surface area contributed by atoms with Crippen molar-refractivity contribution >= 4 is 26.8 Å². The van der Waals surface area contributed by atoms with Gasteiger partial charge in [-0.3, -0.25) is 0 Å². The van der Waals surface area contributed by atoms with Gasteiger partial charge in [0.05, 0.1) is 5.69 Å². The third-order valence-corrected chi connectivity index (χ3v) is 3.15. The Kier molecular flexibility index (Phi) is 1.50. The van der Waals surface area contributed by atoms with Crippen LogP contribution in [0.25, 0.3) is 10.8 Å². The molecule has 0 saturated carbocycles. The van der Waals surface area contributed by atoms with E-state index < -0.39 is 10.3 Å². The first-order valence-corrected chi connectivity index (χ1v) is 5.80. The SMILES string of the molecule is O=S1(=O)Nc2cc3ccccc3cc2O1. The molecule has 0 aliphatic carbocycles. The van der Waals surface area contributed by atoms with Crippen molar-refractivity contribution in [3.05, 3.63) is 36.4 Å².